The molecule has 1 aliphatic heterocycles. The summed E-state index contributed by atoms with van der Waals surface area (Å²) in [5.41, 5.74) is 2.25. The quantitative estimate of drug-likeness (QED) is 0.595. The van der Waals surface area contributed by atoms with Crippen molar-refractivity contribution in [1.82, 2.24) is 4.72 Å². The first-order valence-electron chi connectivity index (χ1n) is 10.6. The van der Waals surface area contributed by atoms with Gasteiger partial charge in [0, 0.05) is 17.3 Å². The van der Waals surface area contributed by atoms with Gasteiger partial charge in [0.25, 0.3) is 0 Å². The molecule has 2 N–H and O–H groups in total. The molecule has 2 aromatic rings. The molecule has 1 heterocycles. The van der Waals surface area contributed by atoms with Crippen molar-refractivity contribution in [3.8, 4) is 5.75 Å². The molecule has 0 amide bonds. The van der Waals surface area contributed by atoms with Gasteiger partial charge in [0.05, 0.1) is 30.2 Å². The SMILES string of the molecule is CON1C=NC(Nc2ccc(F)c(Cl)c2)c2cc(O[C@H]3CC[C@H](NS(C)(=O)=O)CC3)ccc21. The molecule has 0 saturated heterocycles. The Hall–Kier alpha value is -2.40. The van der Waals surface area contributed by atoms with Crippen LogP contribution in [0.1, 0.15) is 37.4 Å². The van der Waals surface area contributed by atoms with Crippen molar-refractivity contribution in [3.63, 3.8) is 0 Å². The normalized spacial score (nSPS) is 22.7. The van der Waals surface area contributed by atoms with Crippen LogP contribution in [0.5, 0.6) is 5.75 Å². The van der Waals surface area contributed by atoms with E-state index in [9.17, 15) is 12.8 Å². The standard InChI is InChI=1S/C22H26ClFN4O4S/c1-31-28-13-25-22(26-15-5-9-20(24)19(23)11-15)18-12-17(8-10-21(18)28)32-16-6-3-14(4-7-16)27-33(2,29)30/h5,8-14,16,22,26-27H,3-4,6-7H2,1-2H3/t14-,16-,22?. The summed E-state index contributed by atoms with van der Waals surface area (Å²) in [5, 5.41) is 4.83. The third kappa shape index (κ3) is 5.94. The Bertz CT molecular complexity index is 1140. The molecule has 178 valence electrons. The molecule has 33 heavy (non-hydrogen) atoms. The summed E-state index contributed by atoms with van der Waals surface area (Å²) in [6.45, 7) is 0. The number of rotatable bonds is 7. The van der Waals surface area contributed by atoms with Gasteiger partial charge in [-0.2, -0.15) is 0 Å². The number of ether oxygens (including phenoxy) is 1. The van der Waals surface area contributed by atoms with Crippen molar-refractivity contribution in [1.29, 1.82) is 0 Å². The fraction of sp³-hybridized carbons (Fsp3) is 0.409. The van der Waals surface area contributed by atoms with Crippen molar-refractivity contribution in [2.45, 2.75) is 44.0 Å². The highest BCUT2D eigenvalue weighted by atomic mass is 35.5. The van der Waals surface area contributed by atoms with Crippen LogP contribution in [0.25, 0.3) is 0 Å². The van der Waals surface area contributed by atoms with Gasteiger partial charge in [-0.05, 0) is 62.1 Å². The van der Waals surface area contributed by atoms with Gasteiger partial charge < -0.3 is 10.1 Å². The maximum Gasteiger partial charge on any atom is 0.208 e. The van der Waals surface area contributed by atoms with E-state index in [-0.39, 0.29) is 17.2 Å². The second kappa shape index (κ2) is 9.84. The Kier molecular flexibility index (Phi) is 7.08. The number of hydroxylamine groups is 1. The predicted molar refractivity (Wildman–Crippen MR) is 127 cm³/mol. The molecule has 4 rings (SSSR count). The lowest BCUT2D eigenvalue weighted by atomic mass is 9.93. The lowest BCUT2D eigenvalue weighted by molar-refractivity contribution is 0.144. The van der Waals surface area contributed by atoms with Crippen LogP contribution in [-0.4, -0.2) is 40.3 Å². The van der Waals surface area contributed by atoms with E-state index in [4.69, 9.17) is 21.2 Å². The first kappa shape index (κ1) is 23.7. The second-order valence-corrected chi connectivity index (χ2v) is 10.3. The Labute approximate surface area is 197 Å². The molecule has 2 aromatic carbocycles. The van der Waals surface area contributed by atoms with Gasteiger partial charge in [0.15, 0.2) is 0 Å². The van der Waals surface area contributed by atoms with Crippen LogP contribution in [0.2, 0.25) is 5.02 Å². The van der Waals surface area contributed by atoms with Gasteiger partial charge in [-0.25, -0.2) is 27.6 Å². The predicted octanol–water partition coefficient (Wildman–Crippen LogP) is 4.24. The molecule has 11 heteroatoms. The number of halogens is 2. The smallest absolute Gasteiger partial charge is 0.208 e. The summed E-state index contributed by atoms with van der Waals surface area (Å²) in [6, 6.07) is 10.0. The zero-order valence-electron chi connectivity index (χ0n) is 18.3. The van der Waals surface area contributed by atoms with Crippen LogP contribution in [0.3, 0.4) is 0 Å². The minimum atomic E-state index is -3.21. The second-order valence-electron chi connectivity index (χ2n) is 8.15. The van der Waals surface area contributed by atoms with E-state index in [1.807, 2.05) is 18.2 Å². The maximum absolute atomic E-state index is 13.5. The Morgan fingerprint density at radius 1 is 1.15 bits per heavy atom. The maximum atomic E-state index is 13.5. The molecule has 0 aromatic heterocycles. The van der Waals surface area contributed by atoms with Crippen LogP contribution >= 0.6 is 11.6 Å². The highest BCUT2D eigenvalue weighted by molar-refractivity contribution is 7.88. The zero-order valence-corrected chi connectivity index (χ0v) is 19.9. The molecular formula is C22H26ClFN4O4S. The van der Waals surface area contributed by atoms with E-state index in [1.54, 1.807) is 24.6 Å². The van der Waals surface area contributed by atoms with Gasteiger partial charge in [-0.1, -0.05) is 11.6 Å². The number of fused-ring (bicyclic) bond motifs is 1. The molecule has 1 atom stereocenters. The number of anilines is 2. The molecule has 2 aliphatic rings. The Morgan fingerprint density at radius 3 is 2.58 bits per heavy atom. The number of benzene rings is 2. The van der Waals surface area contributed by atoms with Crippen molar-refractivity contribution in [2.24, 2.45) is 4.99 Å². The summed E-state index contributed by atoms with van der Waals surface area (Å²) in [7, 11) is -1.66. The van der Waals surface area contributed by atoms with Gasteiger partial charge in [0.2, 0.25) is 10.0 Å². The van der Waals surface area contributed by atoms with E-state index in [1.165, 1.54) is 18.4 Å². The van der Waals surface area contributed by atoms with Crippen molar-refractivity contribution < 1.29 is 22.4 Å². The largest absolute Gasteiger partial charge is 0.490 e. The molecule has 1 unspecified atom stereocenters. The summed E-state index contributed by atoms with van der Waals surface area (Å²) in [4.78, 5) is 9.89. The minimum absolute atomic E-state index is 0.00593. The highest BCUT2D eigenvalue weighted by Gasteiger charge is 2.27. The van der Waals surface area contributed by atoms with Crippen molar-refractivity contribution in [2.75, 3.05) is 23.7 Å². The number of nitrogens with zero attached hydrogens (tertiary/aromatic N) is 2. The fourth-order valence-corrected chi connectivity index (χ4v) is 5.12. The summed E-state index contributed by atoms with van der Waals surface area (Å²) in [6.07, 6.45) is 5.24. The fourth-order valence-electron chi connectivity index (χ4n) is 4.09. The number of aliphatic imine (C=N–C) groups is 1. The molecule has 1 fully saturated rings. The molecule has 0 radical (unpaired) electrons. The van der Waals surface area contributed by atoms with Gasteiger partial charge >= 0.3 is 0 Å². The van der Waals surface area contributed by atoms with E-state index >= 15 is 0 Å². The molecule has 8 nitrogen and oxygen atoms in total. The molecule has 0 spiro atoms. The average Bonchev–Trinajstić information content (AvgIpc) is 2.77. The third-order valence-corrected chi connectivity index (χ3v) is 6.68. The monoisotopic (exact) mass is 496 g/mol. The summed E-state index contributed by atoms with van der Waals surface area (Å²) >= 11 is 5.92. The number of sulfonamides is 1. The van der Waals surface area contributed by atoms with Crippen molar-refractivity contribution >= 4 is 39.3 Å². The first-order valence-corrected chi connectivity index (χ1v) is 12.8. The Morgan fingerprint density at radius 2 is 1.91 bits per heavy atom. The van der Waals surface area contributed by atoms with Gasteiger partial charge in [0.1, 0.15) is 24.1 Å². The zero-order chi connectivity index (χ0) is 23.6. The van der Waals surface area contributed by atoms with Crippen LogP contribution < -0.4 is 19.8 Å². The molecule has 0 bridgehead atoms. The van der Waals surface area contributed by atoms with E-state index < -0.39 is 22.0 Å². The van der Waals surface area contributed by atoms with Crippen LogP contribution in [0.15, 0.2) is 41.4 Å². The third-order valence-electron chi connectivity index (χ3n) is 5.63. The van der Waals surface area contributed by atoms with Crippen LogP contribution in [0.4, 0.5) is 15.8 Å². The number of nitrogens with one attached hydrogen (secondary N) is 2. The highest BCUT2D eigenvalue weighted by Crippen LogP contribution is 2.37. The number of hydrogen-bond donors (Lipinski definition) is 2. The molecule has 1 saturated carbocycles. The topological polar surface area (TPSA) is 92.3 Å². The molecular weight excluding hydrogens is 471 g/mol. The van der Waals surface area contributed by atoms with E-state index in [2.05, 4.69) is 15.0 Å². The lowest BCUT2D eigenvalue weighted by Gasteiger charge is -2.31. The average molecular weight is 497 g/mol. The van der Waals surface area contributed by atoms with Crippen molar-refractivity contribution in [3.05, 3.63) is 52.8 Å². The number of hydrogen-bond acceptors (Lipinski definition) is 7. The van der Waals surface area contributed by atoms with E-state index in [0.717, 1.165) is 36.9 Å². The Balaban J connectivity index is 1.49. The van der Waals surface area contributed by atoms with E-state index in [0.29, 0.717) is 11.4 Å². The van der Waals surface area contributed by atoms with Gasteiger partial charge in [-0.15, -0.1) is 0 Å². The van der Waals surface area contributed by atoms with Crippen LogP contribution in [0, 0.1) is 5.82 Å². The molecule has 1 aliphatic carbocycles. The summed E-state index contributed by atoms with van der Waals surface area (Å²) in [5.74, 6) is 0.197. The first-order chi connectivity index (χ1) is 15.7. The van der Waals surface area contributed by atoms with Crippen LogP contribution in [-0.2, 0) is 14.9 Å². The summed E-state index contributed by atoms with van der Waals surface area (Å²) < 4.78 is 45.3. The van der Waals surface area contributed by atoms with Gasteiger partial charge in [-0.3, -0.25) is 4.84 Å². The minimum Gasteiger partial charge on any atom is -0.490 e. The lowest BCUT2D eigenvalue weighted by Crippen LogP contribution is -2.39.